The molecule has 0 aliphatic rings. The van der Waals surface area contributed by atoms with Gasteiger partial charge < -0.3 is 4.74 Å². The van der Waals surface area contributed by atoms with E-state index in [1.807, 2.05) is 13.0 Å². The molecule has 1 heterocycles. The lowest BCUT2D eigenvalue weighted by atomic mass is 10.2. The molecular formula is C13H11N3O3. The number of aromatic nitrogens is 2. The smallest absolute Gasteiger partial charge is 0.333 e. The summed E-state index contributed by atoms with van der Waals surface area (Å²) in [6.07, 6.45) is 1.21. The second kappa shape index (κ2) is 4.82. The zero-order valence-corrected chi connectivity index (χ0v) is 10.4. The number of nitriles is 1. The monoisotopic (exact) mass is 257 g/mol. The maximum absolute atomic E-state index is 11.8. The minimum absolute atomic E-state index is 0.136. The molecule has 19 heavy (non-hydrogen) atoms. The van der Waals surface area contributed by atoms with Crippen LogP contribution in [0.3, 0.4) is 0 Å². The fourth-order valence-corrected chi connectivity index (χ4v) is 1.72. The van der Waals surface area contributed by atoms with E-state index in [-0.39, 0.29) is 5.56 Å². The summed E-state index contributed by atoms with van der Waals surface area (Å²) in [5, 5.41) is 8.85. The third-order valence-corrected chi connectivity index (χ3v) is 2.66. The number of benzene rings is 1. The molecule has 1 aromatic carbocycles. The van der Waals surface area contributed by atoms with Gasteiger partial charge in [0.15, 0.2) is 0 Å². The zero-order valence-electron chi connectivity index (χ0n) is 10.4. The molecule has 6 heteroatoms. The molecule has 0 radical (unpaired) electrons. The van der Waals surface area contributed by atoms with E-state index in [2.05, 4.69) is 4.98 Å². The first-order valence-corrected chi connectivity index (χ1v) is 5.48. The van der Waals surface area contributed by atoms with Crippen LogP contribution in [0.1, 0.15) is 11.1 Å². The number of rotatable bonds is 2. The first-order valence-electron chi connectivity index (χ1n) is 5.48. The van der Waals surface area contributed by atoms with Crippen LogP contribution < -0.4 is 16.0 Å². The molecule has 0 saturated carbocycles. The molecule has 0 spiro atoms. The van der Waals surface area contributed by atoms with Crippen molar-refractivity contribution in [1.82, 2.24) is 9.55 Å². The van der Waals surface area contributed by atoms with Gasteiger partial charge in [0.25, 0.3) is 5.56 Å². The Labute approximate surface area is 108 Å². The lowest BCUT2D eigenvalue weighted by Gasteiger charge is -2.11. The highest BCUT2D eigenvalue weighted by Crippen LogP contribution is 2.22. The van der Waals surface area contributed by atoms with E-state index in [0.717, 1.165) is 5.56 Å². The van der Waals surface area contributed by atoms with E-state index >= 15 is 0 Å². The molecule has 0 aliphatic heterocycles. The van der Waals surface area contributed by atoms with Crippen LogP contribution in [0.25, 0.3) is 5.69 Å². The Bertz CT molecular complexity index is 781. The Morgan fingerprint density at radius 2 is 2.11 bits per heavy atom. The van der Waals surface area contributed by atoms with Crippen LogP contribution in [-0.2, 0) is 0 Å². The van der Waals surface area contributed by atoms with Crippen molar-refractivity contribution in [3.8, 4) is 17.5 Å². The fourth-order valence-electron chi connectivity index (χ4n) is 1.72. The van der Waals surface area contributed by atoms with Gasteiger partial charge in [-0.3, -0.25) is 14.3 Å². The van der Waals surface area contributed by atoms with Crippen LogP contribution in [0.2, 0.25) is 0 Å². The molecule has 2 rings (SSSR count). The summed E-state index contributed by atoms with van der Waals surface area (Å²) in [4.78, 5) is 25.3. The summed E-state index contributed by atoms with van der Waals surface area (Å²) in [5.74, 6) is 0.476. The lowest BCUT2D eigenvalue weighted by molar-refractivity contribution is 0.412. The molecule has 0 bridgehead atoms. The highest BCUT2D eigenvalue weighted by atomic mass is 16.5. The Balaban J connectivity index is 2.79. The van der Waals surface area contributed by atoms with Gasteiger partial charge >= 0.3 is 5.69 Å². The van der Waals surface area contributed by atoms with Crippen molar-refractivity contribution in [1.29, 1.82) is 5.26 Å². The molecule has 0 saturated heterocycles. The summed E-state index contributed by atoms with van der Waals surface area (Å²) in [7, 11) is 1.48. The molecule has 2 aromatic rings. The van der Waals surface area contributed by atoms with Crippen molar-refractivity contribution in [2.24, 2.45) is 0 Å². The summed E-state index contributed by atoms with van der Waals surface area (Å²) >= 11 is 0. The predicted molar refractivity (Wildman–Crippen MR) is 68.7 cm³/mol. The molecule has 0 aliphatic carbocycles. The normalized spacial score (nSPS) is 9.95. The van der Waals surface area contributed by atoms with Gasteiger partial charge in [0.05, 0.1) is 12.8 Å². The van der Waals surface area contributed by atoms with Crippen LogP contribution in [0.4, 0.5) is 0 Å². The van der Waals surface area contributed by atoms with Gasteiger partial charge in [0.1, 0.15) is 17.4 Å². The second-order valence-electron chi connectivity index (χ2n) is 3.96. The summed E-state index contributed by atoms with van der Waals surface area (Å²) < 4.78 is 6.37. The standard InChI is InChI=1S/C13H11N3O3/c1-8-3-4-11(19-2)10(5-8)16-7-9(6-14)12(17)15-13(16)18/h3-5,7H,1-2H3,(H,15,17,18). The van der Waals surface area contributed by atoms with Crippen LogP contribution in [-0.4, -0.2) is 16.7 Å². The number of hydrogen-bond acceptors (Lipinski definition) is 4. The molecule has 0 fully saturated rings. The van der Waals surface area contributed by atoms with Crippen LogP contribution in [0, 0.1) is 18.3 Å². The van der Waals surface area contributed by atoms with Crippen molar-refractivity contribution >= 4 is 0 Å². The SMILES string of the molecule is COc1ccc(C)cc1-n1cc(C#N)c(=O)[nH]c1=O. The quantitative estimate of drug-likeness (QED) is 0.858. The van der Waals surface area contributed by atoms with Crippen LogP contribution in [0.5, 0.6) is 5.75 Å². The number of hydrogen-bond donors (Lipinski definition) is 1. The summed E-state index contributed by atoms with van der Waals surface area (Å²) in [6.45, 7) is 1.87. The average molecular weight is 257 g/mol. The number of H-pyrrole nitrogens is 1. The Hall–Kier alpha value is -2.81. The van der Waals surface area contributed by atoms with Gasteiger partial charge in [0.2, 0.25) is 0 Å². The highest BCUT2D eigenvalue weighted by molar-refractivity contribution is 5.49. The van der Waals surface area contributed by atoms with Gasteiger partial charge in [-0.25, -0.2) is 4.79 Å². The van der Waals surface area contributed by atoms with Crippen LogP contribution >= 0.6 is 0 Å². The van der Waals surface area contributed by atoms with Gasteiger partial charge in [-0.05, 0) is 24.6 Å². The molecule has 6 nitrogen and oxygen atoms in total. The van der Waals surface area contributed by atoms with E-state index in [9.17, 15) is 9.59 Å². The maximum Gasteiger partial charge on any atom is 0.333 e. The molecule has 0 atom stereocenters. The summed E-state index contributed by atoms with van der Waals surface area (Å²) in [6, 6.07) is 7.03. The van der Waals surface area contributed by atoms with E-state index < -0.39 is 11.2 Å². The van der Waals surface area contributed by atoms with Gasteiger partial charge in [-0.15, -0.1) is 0 Å². The van der Waals surface area contributed by atoms with Gasteiger partial charge in [-0.2, -0.15) is 5.26 Å². The van der Waals surface area contributed by atoms with Crippen molar-refractivity contribution in [2.75, 3.05) is 7.11 Å². The van der Waals surface area contributed by atoms with Gasteiger partial charge in [0, 0.05) is 6.20 Å². The largest absolute Gasteiger partial charge is 0.495 e. The molecule has 1 aromatic heterocycles. The first kappa shape index (κ1) is 12.6. The van der Waals surface area contributed by atoms with Crippen molar-refractivity contribution in [3.63, 3.8) is 0 Å². The number of aromatic amines is 1. The molecule has 1 N–H and O–H groups in total. The van der Waals surface area contributed by atoms with E-state index in [4.69, 9.17) is 10.00 Å². The van der Waals surface area contributed by atoms with E-state index in [0.29, 0.717) is 11.4 Å². The minimum Gasteiger partial charge on any atom is -0.495 e. The number of nitrogens with zero attached hydrogens (tertiary/aromatic N) is 2. The number of methoxy groups -OCH3 is 1. The predicted octanol–water partition coefficient (Wildman–Crippen LogP) is 0.714. The zero-order chi connectivity index (χ0) is 14.0. The molecule has 96 valence electrons. The fraction of sp³-hybridized carbons (Fsp3) is 0.154. The first-order chi connectivity index (χ1) is 9.06. The van der Waals surface area contributed by atoms with Crippen molar-refractivity contribution < 1.29 is 4.74 Å². The number of ether oxygens (including phenoxy) is 1. The second-order valence-corrected chi connectivity index (χ2v) is 3.96. The topological polar surface area (TPSA) is 87.9 Å². The van der Waals surface area contributed by atoms with E-state index in [1.165, 1.54) is 17.9 Å². The van der Waals surface area contributed by atoms with E-state index in [1.54, 1.807) is 18.2 Å². The Morgan fingerprint density at radius 1 is 1.37 bits per heavy atom. The third-order valence-electron chi connectivity index (χ3n) is 2.66. The Kier molecular flexibility index (Phi) is 3.21. The summed E-state index contributed by atoms with van der Waals surface area (Å²) in [5.41, 5.74) is -0.0564. The van der Waals surface area contributed by atoms with Crippen molar-refractivity contribution in [3.05, 3.63) is 56.4 Å². The highest BCUT2D eigenvalue weighted by Gasteiger charge is 2.10. The van der Waals surface area contributed by atoms with Crippen molar-refractivity contribution in [2.45, 2.75) is 6.92 Å². The molecule has 0 unspecified atom stereocenters. The minimum atomic E-state index is -0.699. The average Bonchev–Trinajstić information content (AvgIpc) is 2.39. The lowest BCUT2D eigenvalue weighted by Crippen LogP contribution is -2.30. The van der Waals surface area contributed by atoms with Gasteiger partial charge in [-0.1, -0.05) is 6.07 Å². The molecular weight excluding hydrogens is 246 g/mol. The number of aryl methyl sites for hydroxylation is 1. The third kappa shape index (κ3) is 2.26. The molecule has 0 amide bonds. The maximum atomic E-state index is 11.8. The van der Waals surface area contributed by atoms with Crippen LogP contribution in [0.15, 0.2) is 34.0 Å². The Morgan fingerprint density at radius 3 is 2.74 bits per heavy atom. The number of nitrogens with one attached hydrogen (secondary N) is 1.